The highest BCUT2D eigenvalue weighted by molar-refractivity contribution is 7.90. The van der Waals surface area contributed by atoms with Gasteiger partial charge in [-0.15, -0.1) is 0 Å². The summed E-state index contributed by atoms with van der Waals surface area (Å²) in [5.74, 6) is -0.182. The molecule has 1 aromatic rings. The lowest BCUT2D eigenvalue weighted by Gasteiger charge is -2.08. The molecular weight excluding hydrogens is 254 g/mol. The molecule has 1 aromatic heterocycles. The van der Waals surface area contributed by atoms with Gasteiger partial charge in [0, 0.05) is 6.26 Å². The second-order valence-electron chi connectivity index (χ2n) is 4.04. The molecule has 0 atom stereocenters. The van der Waals surface area contributed by atoms with Crippen LogP contribution >= 0.6 is 0 Å². The van der Waals surface area contributed by atoms with Crippen molar-refractivity contribution >= 4 is 21.6 Å². The lowest BCUT2D eigenvalue weighted by atomic mass is 10.1. The van der Waals surface area contributed by atoms with Gasteiger partial charge in [0.1, 0.15) is 5.82 Å². The number of hydrogen-bond donors (Lipinski definition) is 2. The number of nitrogens with two attached hydrogens (primary N) is 1. The Morgan fingerprint density at radius 1 is 1.44 bits per heavy atom. The van der Waals surface area contributed by atoms with Gasteiger partial charge in [0.2, 0.25) is 5.91 Å². The predicted octanol–water partition coefficient (Wildman–Crippen LogP) is 0.335. The van der Waals surface area contributed by atoms with Gasteiger partial charge < -0.3 is 11.1 Å². The zero-order valence-electron chi connectivity index (χ0n) is 10.4. The van der Waals surface area contributed by atoms with Gasteiger partial charge in [-0.3, -0.25) is 4.79 Å². The van der Waals surface area contributed by atoms with Gasteiger partial charge in [-0.05, 0) is 24.1 Å². The first-order chi connectivity index (χ1) is 8.32. The predicted molar refractivity (Wildman–Crippen MR) is 69.0 cm³/mol. The van der Waals surface area contributed by atoms with Crippen LogP contribution in [0.25, 0.3) is 0 Å². The van der Waals surface area contributed by atoms with Crippen molar-refractivity contribution in [3.8, 4) is 0 Å². The average molecular weight is 271 g/mol. The number of nitrogens with one attached hydrogen (secondary N) is 1. The molecule has 0 fully saturated rings. The molecule has 0 aliphatic heterocycles. The standard InChI is InChI=1S/C11H17N3O3S/c1-3-4-8-5-10(13-7-9(12)15)14-11(6-8)18(2,16)17/h5-6H,3-4,7H2,1-2H3,(H2,12,15)(H,13,14). The molecule has 6 nitrogen and oxygen atoms in total. The summed E-state index contributed by atoms with van der Waals surface area (Å²) in [6, 6.07) is 3.27. The Labute approximate surface area is 107 Å². The Hall–Kier alpha value is -1.63. The molecule has 0 aliphatic carbocycles. The number of sulfone groups is 1. The van der Waals surface area contributed by atoms with Crippen molar-refractivity contribution in [1.29, 1.82) is 0 Å². The van der Waals surface area contributed by atoms with Crippen LogP contribution in [0.1, 0.15) is 18.9 Å². The van der Waals surface area contributed by atoms with Crippen molar-refractivity contribution in [2.24, 2.45) is 5.73 Å². The topological polar surface area (TPSA) is 102 Å². The zero-order chi connectivity index (χ0) is 13.8. The lowest BCUT2D eigenvalue weighted by Crippen LogP contribution is -2.22. The van der Waals surface area contributed by atoms with Crippen LogP contribution in [-0.4, -0.2) is 32.1 Å². The first-order valence-electron chi connectivity index (χ1n) is 5.56. The van der Waals surface area contributed by atoms with Crippen molar-refractivity contribution < 1.29 is 13.2 Å². The molecule has 0 saturated heterocycles. The highest BCUT2D eigenvalue weighted by Crippen LogP contribution is 2.15. The molecule has 0 bridgehead atoms. The Balaban J connectivity index is 3.10. The van der Waals surface area contributed by atoms with Gasteiger partial charge in [-0.2, -0.15) is 0 Å². The van der Waals surface area contributed by atoms with E-state index in [1.54, 1.807) is 12.1 Å². The fourth-order valence-electron chi connectivity index (χ4n) is 1.45. The number of nitrogens with zero attached hydrogens (tertiary/aromatic N) is 1. The van der Waals surface area contributed by atoms with E-state index in [-0.39, 0.29) is 11.6 Å². The maximum atomic E-state index is 11.5. The lowest BCUT2D eigenvalue weighted by molar-refractivity contribution is -0.116. The number of aryl methyl sites for hydroxylation is 1. The van der Waals surface area contributed by atoms with E-state index in [2.05, 4.69) is 10.3 Å². The summed E-state index contributed by atoms with van der Waals surface area (Å²) in [6.07, 6.45) is 2.74. The van der Waals surface area contributed by atoms with Crippen LogP contribution in [0.4, 0.5) is 5.82 Å². The molecule has 0 aromatic carbocycles. The van der Waals surface area contributed by atoms with Crippen LogP contribution in [0.15, 0.2) is 17.2 Å². The summed E-state index contributed by atoms with van der Waals surface area (Å²) >= 11 is 0. The van der Waals surface area contributed by atoms with Crippen LogP contribution in [0.2, 0.25) is 0 Å². The molecule has 3 N–H and O–H groups in total. The minimum atomic E-state index is -3.37. The molecule has 7 heteroatoms. The van der Waals surface area contributed by atoms with Gasteiger partial charge in [-0.1, -0.05) is 13.3 Å². The molecule has 0 aliphatic rings. The van der Waals surface area contributed by atoms with E-state index in [9.17, 15) is 13.2 Å². The quantitative estimate of drug-likeness (QED) is 0.776. The molecule has 1 amide bonds. The van der Waals surface area contributed by atoms with E-state index in [1.807, 2.05) is 6.92 Å². The summed E-state index contributed by atoms with van der Waals surface area (Å²) in [5.41, 5.74) is 5.87. The van der Waals surface area contributed by atoms with E-state index < -0.39 is 15.7 Å². The molecule has 0 unspecified atom stereocenters. The summed E-state index contributed by atoms with van der Waals surface area (Å²) in [5, 5.41) is 2.71. The SMILES string of the molecule is CCCc1cc(NCC(N)=O)nc(S(C)(=O)=O)c1. The van der Waals surface area contributed by atoms with Crippen molar-refractivity contribution in [3.63, 3.8) is 0 Å². The van der Waals surface area contributed by atoms with E-state index in [4.69, 9.17) is 5.73 Å². The highest BCUT2D eigenvalue weighted by Gasteiger charge is 2.12. The zero-order valence-corrected chi connectivity index (χ0v) is 11.3. The molecule has 18 heavy (non-hydrogen) atoms. The largest absolute Gasteiger partial charge is 0.368 e. The van der Waals surface area contributed by atoms with Gasteiger partial charge in [-0.25, -0.2) is 13.4 Å². The van der Waals surface area contributed by atoms with Crippen LogP contribution in [0.3, 0.4) is 0 Å². The minimum Gasteiger partial charge on any atom is -0.368 e. The third-order valence-electron chi connectivity index (χ3n) is 2.22. The molecule has 0 saturated carbocycles. The minimum absolute atomic E-state index is 0.000389. The van der Waals surface area contributed by atoms with Gasteiger partial charge in [0.15, 0.2) is 14.9 Å². The fraction of sp³-hybridized carbons (Fsp3) is 0.455. The van der Waals surface area contributed by atoms with E-state index in [1.165, 1.54) is 0 Å². The van der Waals surface area contributed by atoms with Gasteiger partial charge in [0.05, 0.1) is 6.54 Å². The van der Waals surface area contributed by atoms with Gasteiger partial charge >= 0.3 is 0 Å². The third-order valence-corrected chi connectivity index (χ3v) is 3.19. The first kappa shape index (κ1) is 14.4. The second-order valence-corrected chi connectivity index (χ2v) is 6.00. The number of pyridine rings is 1. The van der Waals surface area contributed by atoms with Crippen molar-refractivity contribution in [2.75, 3.05) is 18.1 Å². The maximum Gasteiger partial charge on any atom is 0.236 e. The number of carbonyl (C=O) groups is 1. The monoisotopic (exact) mass is 271 g/mol. The van der Waals surface area contributed by atoms with Crippen molar-refractivity contribution in [2.45, 2.75) is 24.8 Å². The number of amides is 1. The normalized spacial score (nSPS) is 11.2. The van der Waals surface area contributed by atoms with Crippen LogP contribution < -0.4 is 11.1 Å². The Morgan fingerprint density at radius 2 is 2.11 bits per heavy atom. The number of rotatable bonds is 6. The van der Waals surface area contributed by atoms with Crippen molar-refractivity contribution in [3.05, 3.63) is 17.7 Å². The number of carbonyl (C=O) groups excluding carboxylic acids is 1. The van der Waals surface area contributed by atoms with Crippen molar-refractivity contribution in [1.82, 2.24) is 4.98 Å². The maximum absolute atomic E-state index is 11.5. The third kappa shape index (κ3) is 4.33. The first-order valence-corrected chi connectivity index (χ1v) is 7.45. The number of primary amides is 1. The van der Waals surface area contributed by atoms with Crippen LogP contribution in [-0.2, 0) is 21.1 Å². The molecular formula is C11H17N3O3S. The summed E-state index contributed by atoms with van der Waals surface area (Å²) in [6.45, 7) is 1.92. The Bertz CT molecular complexity index is 540. The highest BCUT2D eigenvalue weighted by atomic mass is 32.2. The number of anilines is 1. The van der Waals surface area contributed by atoms with Crippen LogP contribution in [0, 0.1) is 0 Å². The fourth-order valence-corrected chi connectivity index (χ4v) is 2.08. The average Bonchev–Trinajstić information content (AvgIpc) is 2.25. The summed E-state index contributed by atoms with van der Waals surface area (Å²) in [4.78, 5) is 14.6. The smallest absolute Gasteiger partial charge is 0.236 e. The van der Waals surface area contributed by atoms with E-state index in [0.29, 0.717) is 5.82 Å². The summed E-state index contributed by atoms with van der Waals surface area (Å²) < 4.78 is 23.0. The summed E-state index contributed by atoms with van der Waals surface area (Å²) in [7, 11) is -3.37. The van der Waals surface area contributed by atoms with E-state index in [0.717, 1.165) is 24.7 Å². The molecule has 1 heterocycles. The second kappa shape index (κ2) is 5.81. The number of aromatic nitrogens is 1. The van der Waals surface area contributed by atoms with E-state index >= 15 is 0 Å². The van der Waals surface area contributed by atoms with Gasteiger partial charge in [0.25, 0.3) is 0 Å². The molecule has 0 spiro atoms. The Kier molecular flexibility index (Phi) is 4.66. The van der Waals surface area contributed by atoms with Crippen LogP contribution in [0.5, 0.6) is 0 Å². The molecule has 1 rings (SSSR count). The Morgan fingerprint density at radius 3 is 2.61 bits per heavy atom. The number of hydrogen-bond acceptors (Lipinski definition) is 5. The molecule has 100 valence electrons. The molecule has 0 radical (unpaired) electrons.